The Morgan fingerprint density at radius 2 is 2.10 bits per heavy atom. The molecule has 0 radical (unpaired) electrons. The molecule has 3 rings (SSSR count). The topological polar surface area (TPSA) is 60.2 Å². The molecule has 1 saturated heterocycles. The van der Waals surface area contributed by atoms with Gasteiger partial charge in [-0.25, -0.2) is 0 Å². The number of hydrogen-bond acceptors (Lipinski definition) is 5. The molecular weight excluding hydrogens is 254 g/mol. The summed E-state index contributed by atoms with van der Waals surface area (Å²) in [5.41, 5.74) is 0. The standard InChI is InChI=1S/C15H25N3O2/c1-2-19-13(11-7-4-3-5-8-11)14-17-15(20-18-14)12-9-6-10-16-12/h11-13,16H,2-10H2,1H3/t12-,13?/m0/s1. The Morgan fingerprint density at radius 3 is 2.80 bits per heavy atom. The van der Waals surface area contributed by atoms with Crippen molar-refractivity contribution in [2.45, 2.75) is 64.0 Å². The second-order valence-electron chi connectivity index (χ2n) is 5.91. The van der Waals surface area contributed by atoms with Crippen LogP contribution in [0.3, 0.4) is 0 Å². The van der Waals surface area contributed by atoms with Crippen molar-refractivity contribution in [1.82, 2.24) is 15.5 Å². The maximum absolute atomic E-state index is 5.94. The molecule has 0 amide bonds. The van der Waals surface area contributed by atoms with E-state index in [1.54, 1.807) is 0 Å². The zero-order valence-corrected chi connectivity index (χ0v) is 12.3. The van der Waals surface area contributed by atoms with Gasteiger partial charge in [0, 0.05) is 6.61 Å². The summed E-state index contributed by atoms with van der Waals surface area (Å²) in [5.74, 6) is 2.03. The van der Waals surface area contributed by atoms with Crippen molar-refractivity contribution < 1.29 is 9.26 Å². The quantitative estimate of drug-likeness (QED) is 0.897. The van der Waals surface area contributed by atoms with Gasteiger partial charge in [-0.15, -0.1) is 0 Å². The lowest BCUT2D eigenvalue weighted by molar-refractivity contribution is -0.00145. The Labute approximate surface area is 120 Å². The van der Waals surface area contributed by atoms with Crippen LogP contribution < -0.4 is 5.32 Å². The van der Waals surface area contributed by atoms with Gasteiger partial charge in [0.25, 0.3) is 0 Å². The Morgan fingerprint density at radius 1 is 1.25 bits per heavy atom. The number of nitrogens with zero attached hydrogens (tertiary/aromatic N) is 2. The second kappa shape index (κ2) is 6.68. The van der Waals surface area contributed by atoms with Gasteiger partial charge in [-0.1, -0.05) is 24.4 Å². The van der Waals surface area contributed by atoms with E-state index in [1.165, 1.54) is 38.5 Å². The lowest BCUT2D eigenvalue weighted by Crippen LogP contribution is -2.20. The third-order valence-electron chi connectivity index (χ3n) is 4.49. The molecular formula is C15H25N3O2. The normalized spacial score (nSPS) is 25.9. The first-order chi connectivity index (χ1) is 9.88. The lowest BCUT2D eigenvalue weighted by Gasteiger charge is -2.27. The van der Waals surface area contributed by atoms with E-state index in [1.807, 2.05) is 6.92 Å². The molecule has 1 aromatic heterocycles. The van der Waals surface area contributed by atoms with Gasteiger partial charge in [-0.3, -0.25) is 0 Å². The maximum Gasteiger partial charge on any atom is 0.243 e. The predicted molar refractivity (Wildman–Crippen MR) is 75.2 cm³/mol. The predicted octanol–water partition coefficient (Wildman–Crippen LogP) is 3.15. The Bertz CT molecular complexity index is 409. The number of hydrogen-bond donors (Lipinski definition) is 1. The zero-order chi connectivity index (χ0) is 13.8. The highest BCUT2D eigenvalue weighted by Gasteiger charge is 2.31. The fourth-order valence-corrected chi connectivity index (χ4v) is 3.44. The first kappa shape index (κ1) is 14.0. The van der Waals surface area contributed by atoms with Gasteiger partial charge in [0.05, 0.1) is 6.04 Å². The second-order valence-corrected chi connectivity index (χ2v) is 5.91. The van der Waals surface area contributed by atoms with E-state index in [4.69, 9.17) is 9.26 Å². The van der Waals surface area contributed by atoms with Crippen molar-refractivity contribution in [3.05, 3.63) is 11.7 Å². The molecule has 1 aliphatic carbocycles. The van der Waals surface area contributed by atoms with Crippen LogP contribution in [0.1, 0.15) is 75.7 Å². The largest absolute Gasteiger partial charge is 0.370 e. The Hall–Kier alpha value is -0.940. The molecule has 0 spiro atoms. The molecule has 2 aliphatic rings. The fourth-order valence-electron chi connectivity index (χ4n) is 3.44. The smallest absolute Gasteiger partial charge is 0.243 e. The highest BCUT2D eigenvalue weighted by molar-refractivity contribution is 4.99. The summed E-state index contributed by atoms with van der Waals surface area (Å²) in [6, 6.07) is 0.241. The summed E-state index contributed by atoms with van der Waals surface area (Å²) in [4.78, 5) is 4.62. The fraction of sp³-hybridized carbons (Fsp3) is 0.867. The summed E-state index contributed by atoms with van der Waals surface area (Å²) in [6.07, 6.45) is 8.65. The first-order valence-electron chi connectivity index (χ1n) is 8.07. The number of rotatable bonds is 5. The Kier molecular flexibility index (Phi) is 4.68. The van der Waals surface area contributed by atoms with Gasteiger partial charge < -0.3 is 14.6 Å². The third kappa shape index (κ3) is 3.04. The van der Waals surface area contributed by atoms with Crippen LogP contribution in [0, 0.1) is 5.92 Å². The summed E-state index contributed by atoms with van der Waals surface area (Å²) in [6.45, 7) is 3.78. The molecule has 2 atom stereocenters. The van der Waals surface area contributed by atoms with Crippen molar-refractivity contribution in [3.8, 4) is 0 Å². The van der Waals surface area contributed by atoms with Crippen LogP contribution >= 0.6 is 0 Å². The van der Waals surface area contributed by atoms with Gasteiger partial charge in [-0.2, -0.15) is 4.98 Å². The van der Waals surface area contributed by atoms with Crippen molar-refractivity contribution in [1.29, 1.82) is 0 Å². The summed E-state index contributed by atoms with van der Waals surface area (Å²) >= 11 is 0. The monoisotopic (exact) mass is 279 g/mol. The minimum Gasteiger partial charge on any atom is -0.370 e. The van der Waals surface area contributed by atoms with Crippen molar-refractivity contribution in [3.63, 3.8) is 0 Å². The highest BCUT2D eigenvalue weighted by atomic mass is 16.5. The molecule has 0 bridgehead atoms. The van der Waals surface area contributed by atoms with E-state index < -0.39 is 0 Å². The van der Waals surface area contributed by atoms with E-state index in [-0.39, 0.29) is 12.1 Å². The summed E-state index contributed by atoms with van der Waals surface area (Å²) < 4.78 is 11.4. The van der Waals surface area contributed by atoms with Crippen LogP contribution in [-0.4, -0.2) is 23.3 Å². The highest BCUT2D eigenvalue weighted by Crippen LogP contribution is 2.36. The summed E-state index contributed by atoms with van der Waals surface area (Å²) in [5, 5.41) is 7.60. The Balaban J connectivity index is 1.72. The molecule has 112 valence electrons. The van der Waals surface area contributed by atoms with Crippen LogP contribution in [0.2, 0.25) is 0 Å². The van der Waals surface area contributed by atoms with Crippen molar-refractivity contribution in [2.24, 2.45) is 5.92 Å². The number of ether oxygens (including phenoxy) is 1. The summed E-state index contributed by atoms with van der Waals surface area (Å²) in [7, 11) is 0. The third-order valence-corrected chi connectivity index (χ3v) is 4.49. The molecule has 1 aliphatic heterocycles. The average Bonchev–Trinajstić information content (AvgIpc) is 3.16. The molecule has 2 fully saturated rings. The molecule has 20 heavy (non-hydrogen) atoms. The SMILES string of the molecule is CCOC(c1noc([C@@H]2CCCN2)n1)C1CCCCC1. The molecule has 1 N–H and O–H groups in total. The van der Waals surface area contributed by atoms with Crippen molar-refractivity contribution in [2.75, 3.05) is 13.2 Å². The molecule has 1 unspecified atom stereocenters. The van der Waals surface area contributed by atoms with Gasteiger partial charge in [-0.05, 0) is 45.1 Å². The van der Waals surface area contributed by atoms with E-state index in [0.29, 0.717) is 12.5 Å². The van der Waals surface area contributed by atoms with Gasteiger partial charge in [0.15, 0.2) is 0 Å². The molecule has 5 nitrogen and oxygen atoms in total. The number of aromatic nitrogens is 2. The van der Waals surface area contributed by atoms with Gasteiger partial charge in [0.2, 0.25) is 11.7 Å². The molecule has 2 heterocycles. The minimum atomic E-state index is 0.0132. The molecule has 1 saturated carbocycles. The van der Waals surface area contributed by atoms with Gasteiger partial charge in [0.1, 0.15) is 6.10 Å². The molecule has 0 aromatic carbocycles. The van der Waals surface area contributed by atoms with Crippen molar-refractivity contribution >= 4 is 0 Å². The first-order valence-corrected chi connectivity index (χ1v) is 8.07. The average molecular weight is 279 g/mol. The van der Waals surface area contributed by atoms with E-state index in [0.717, 1.165) is 24.7 Å². The van der Waals surface area contributed by atoms with Crippen LogP contribution in [0.4, 0.5) is 0 Å². The lowest BCUT2D eigenvalue weighted by atomic mass is 9.85. The number of nitrogens with one attached hydrogen (secondary N) is 1. The minimum absolute atomic E-state index is 0.0132. The van der Waals surface area contributed by atoms with Crippen LogP contribution in [0.25, 0.3) is 0 Å². The van der Waals surface area contributed by atoms with Crippen LogP contribution in [0.5, 0.6) is 0 Å². The van der Waals surface area contributed by atoms with E-state index in [9.17, 15) is 0 Å². The van der Waals surface area contributed by atoms with E-state index in [2.05, 4.69) is 15.5 Å². The van der Waals surface area contributed by atoms with E-state index >= 15 is 0 Å². The van der Waals surface area contributed by atoms with Crippen LogP contribution in [0.15, 0.2) is 4.52 Å². The van der Waals surface area contributed by atoms with Gasteiger partial charge >= 0.3 is 0 Å². The molecule has 5 heteroatoms. The molecule has 1 aromatic rings. The maximum atomic E-state index is 5.94. The van der Waals surface area contributed by atoms with Crippen LogP contribution in [-0.2, 0) is 4.74 Å². The zero-order valence-electron chi connectivity index (χ0n) is 12.3.